The Labute approximate surface area is 91.3 Å². The van der Waals surface area contributed by atoms with E-state index in [-0.39, 0.29) is 12.2 Å². The monoisotopic (exact) mass is 228 g/mol. The van der Waals surface area contributed by atoms with E-state index >= 15 is 0 Å². The fraction of sp³-hybridized carbons (Fsp3) is 0.333. The summed E-state index contributed by atoms with van der Waals surface area (Å²) in [5.41, 5.74) is 6.16. The highest BCUT2D eigenvalue weighted by atomic mass is 32.2. The fourth-order valence-electron chi connectivity index (χ4n) is 0.959. The number of nitrogen functional groups attached to an aromatic ring is 1. The molecule has 0 saturated heterocycles. The van der Waals surface area contributed by atoms with Gasteiger partial charge in [-0.15, -0.1) is 11.8 Å². The predicted octanol–water partition coefficient (Wildman–Crippen LogP) is 0.592. The molecular formula is C9H12N2O3S. The molecule has 0 radical (unpaired) electrons. The zero-order valence-corrected chi connectivity index (χ0v) is 8.78. The van der Waals surface area contributed by atoms with Crippen LogP contribution in [0.4, 0.5) is 5.69 Å². The fourth-order valence-corrected chi connectivity index (χ4v) is 1.80. The zero-order chi connectivity index (χ0) is 11.3. The molecule has 5 nitrogen and oxygen atoms in total. The van der Waals surface area contributed by atoms with Gasteiger partial charge in [0, 0.05) is 11.9 Å². The van der Waals surface area contributed by atoms with Gasteiger partial charge in [-0.25, -0.2) is 4.98 Å². The summed E-state index contributed by atoms with van der Waals surface area (Å²) in [6.45, 7) is 0. The van der Waals surface area contributed by atoms with Crippen molar-refractivity contribution in [2.75, 3.05) is 11.5 Å². The third kappa shape index (κ3) is 4.18. The van der Waals surface area contributed by atoms with Crippen molar-refractivity contribution in [3.63, 3.8) is 0 Å². The van der Waals surface area contributed by atoms with Crippen LogP contribution in [0.2, 0.25) is 0 Å². The van der Waals surface area contributed by atoms with Crippen LogP contribution in [0.15, 0.2) is 23.4 Å². The number of aliphatic carboxylic acids is 1. The minimum absolute atomic E-state index is 0.264. The molecule has 0 aliphatic heterocycles. The number of aromatic nitrogens is 1. The van der Waals surface area contributed by atoms with Crippen LogP contribution >= 0.6 is 11.8 Å². The van der Waals surface area contributed by atoms with E-state index in [1.54, 1.807) is 18.3 Å². The van der Waals surface area contributed by atoms with Crippen LogP contribution in [0.25, 0.3) is 0 Å². The Morgan fingerprint density at radius 1 is 1.67 bits per heavy atom. The Kier molecular flexibility index (Phi) is 4.38. The van der Waals surface area contributed by atoms with E-state index in [4.69, 9.17) is 10.8 Å². The number of pyridine rings is 1. The summed E-state index contributed by atoms with van der Waals surface area (Å²) in [5.74, 6) is -0.745. The maximum Gasteiger partial charge on any atom is 0.306 e. The highest BCUT2D eigenvalue weighted by Gasteiger charge is 2.11. The maximum atomic E-state index is 10.3. The summed E-state index contributed by atoms with van der Waals surface area (Å²) < 4.78 is 0. The number of nitrogens with two attached hydrogens (primary N) is 1. The molecule has 0 amide bonds. The first-order valence-electron chi connectivity index (χ1n) is 4.32. The average Bonchev–Trinajstić information content (AvgIpc) is 2.15. The molecule has 4 N–H and O–H groups in total. The lowest BCUT2D eigenvalue weighted by Crippen LogP contribution is -2.15. The van der Waals surface area contributed by atoms with E-state index in [1.807, 2.05) is 0 Å². The summed E-state index contributed by atoms with van der Waals surface area (Å²) in [6.07, 6.45) is 0.455. The van der Waals surface area contributed by atoms with Gasteiger partial charge in [0.1, 0.15) is 5.03 Å². The highest BCUT2D eigenvalue weighted by Crippen LogP contribution is 2.22. The van der Waals surface area contributed by atoms with E-state index in [0.29, 0.717) is 10.7 Å². The molecule has 0 saturated carbocycles. The number of aliphatic hydroxyl groups excluding tert-OH is 1. The summed E-state index contributed by atoms with van der Waals surface area (Å²) in [6, 6.07) is 3.42. The van der Waals surface area contributed by atoms with Gasteiger partial charge in [0.2, 0.25) is 0 Å². The smallest absolute Gasteiger partial charge is 0.306 e. The molecule has 1 atom stereocenters. The van der Waals surface area contributed by atoms with Crippen LogP contribution in [0.5, 0.6) is 0 Å². The van der Waals surface area contributed by atoms with Crippen molar-refractivity contribution in [3.05, 3.63) is 18.3 Å². The number of aliphatic hydroxyl groups is 1. The molecule has 1 aromatic rings. The molecule has 82 valence electrons. The third-order valence-corrected chi connectivity index (χ3v) is 2.79. The van der Waals surface area contributed by atoms with E-state index in [1.165, 1.54) is 11.8 Å². The molecule has 0 aliphatic carbocycles. The van der Waals surface area contributed by atoms with E-state index in [9.17, 15) is 9.90 Å². The van der Waals surface area contributed by atoms with Crippen LogP contribution in [-0.4, -0.2) is 33.0 Å². The second-order valence-electron chi connectivity index (χ2n) is 2.96. The van der Waals surface area contributed by atoms with Crippen LogP contribution in [0.3, 0.4) is 0 Å². The number of hydrogen-bond acceptors (Lipinski definition) is 5. The van der Waals surface area contributed by atoms with Crippen molar-refractivity contribution < 1.29 is 15.0 Å². The number of carboxylic acid groups (broad SMARTS) is 1. The van der Waals surface area contributed by atoms with Gasteiger partial charge in [0.05, 0.1) is 18.2 Å². The predicted molar refractivity (Wildman–Crippen MR) is 57.6 cm³/mol. The van der Waals surface area contributed by atoms with E-state index in [0.717, 1.165) is 0 Å². The molecule has 1 unspecified atom stereocenters. The molecule has 15 heavy (non-hydrogen) atoms. The van der Waals surface area contributed by atoms with Gasteiger partial charge >= 0.3 is 5.97 Å². The molecule has 1 rings (SSSR count). The largest absolute Gasteiger partial charge is 0.481 e. The average molecular weight is 228 g/mol. The first-order valence-corrected chi connectivity index (χ1v) is 5.31. The van der Waals surface area contributed by atoms with Gasteiger partial charge in [-0.1, -0.05) is 0 Å². The molecule has 6 heteroatoms. The van der Waals surface area contributed by atoms with Crippen molar-refractivity contribution in [2.45, 2.75) is 17.6 Å². The van der Waals surface area contributed by atoms with E-state index < -0.39 is 12.1 Å². The minimum atomic E-state index is -1.02. The second-order valence-corrected chi connectivity index (χ2v) is 3.97. The Bertz CT molecular complexity index is 346. The first kappa shape index (κ1) is 11.8. The molecule has 0 aliphatic rings. The normalized spacial score (nSPS) is 12.3. The molecule has 0 bridgehead atoms. The number of thioether (sulfide) groups is 1. The summed E-state index contributed by atoms with van der Waals surface area (Å²) in [7, 11) is 0. The number of nitrogens with zero attached hydrogens (tertiary/aromatic N) is 1. The lowest BCUT2D eigenvalue weighted by molar-refractivity contribution is -0.138. The van der Waals surface area contributed by atoms with Crippen LogP contribution in [0, 0.1) is 0 Å². The number of carbonyl (C=O) groups is 1. The quantitative estimate of drug-likeness (QED) is 0.638. The third-order valence-electron chi connectivity index (χ3n) is 1.62. The number of hydrogen-bond donors (Lipinski definition) is 3. The van der Waals surface area contributed by atoms with Gasteiger partial charge in [-0.2, -0.15) is 0 Å². The van der Waals surface area contributed by atoms with Crippen LogP contribution in [-0.2, 0) is 4.79 Å². The number of rotatable bonds is 5. The highest BCUT2D eigenvalue weighted by molar-refractivity contribution is 7.99. The van der Waals surface area contributed by atoms with Gasteiger partial charge in [0.25, 0.3) is 0 Å². The molecule has 1 aromatic heterocycles. The molecule has 1 heterocycles. The number of carboxylic acids is 1. The second kappa shape index (κ2) is 5.57. The van der Waals surface area contributed by atoms with Crippen LogP contribution in [0.1, 0.15) is 6.42 Å². The Morgan fingerprint density at radius 3 is 3.00 bits per heavy atom. The Hall–Kier alpha value is -1.27. The van der Waals surface area contributed by atoms with Gasteiger partial charge < -0.3 is 15.9 Å². The molecule has 0 spiro atoms. The number of anilines is 1. The standard InChI is InChI=1S/C9H12N2O3S/c10-7-2-1-3-11-9(7)15-5-6(12)4-8(13)14/h1-3,6,12H,4-5,10H2,(H,13,14). The maximum absolute atomic E-state index is 10.3. The molecule has 0 aromatic carbocycles. The van der Waals surface area contributed by atoms with Gasteiger partial charge in [0.15, 0.2) is 0 Å². The van der Waals surface area contributed by atoms with Crippen molar-refractivity contribution in [2.24, 2.45) is 0 Å². The van der Waals surface area contributed by atoms with Crippen LogP contribution < -0.4 is 5.73 Å². The zero-order valence-electron chi connectivity index (χ0n) is 7.96. The van der Waals surface area contributed by atoms with Gasteiger partial charge in [-0.05, 0) is 12.1 Å². The SMILES string of the molecule is Nc1cccnc1SCC(O)CC(=O)O. The topological polar surface area (TPSA) is 96.4 Å². The summed E-state index contributed by atoms with van der Waals surface area (Å²) in [4.78, 5) is 14.3. The van der Waals surface area contributed by atoms with Gasteiger partial charge in [-0.3, -0.25) is 4.79 Å². The van der Waals surface area contributed by atoms with Crippen molar-refractivity contribution >= 4 is 23.4 Å². The van der Waals surface area contributed by atoms with Crippen molar-refractivity contribution in [1.82, 2.24) is 4.98 Å². The summed E-state index contributed by atoms with van der Waals surface area (Å²) >= 11 is 1.25. The lowest BCUT2D eigenvalue weighted by atomic mass is 10.3. The first-order chi connectivity index (χ1) is 7.09. The van der Waals surface area contributed by atoms with E-state index in [2.05, 4.69) is 4.98 Å². The summed E-state index contributed by atoms with van der Waals surface area (Å²) in [5, 5.41) is 18.3. The Balaban J connectivity index is 2.43. The lowest BCUT2D eigenvalue weighted by Gasteiger charge is -2.07. The van der Waals surface area contributed by atoms with Crippen molar-refractivity contribution in [1.29, 1.82) is 0 Å². The Morgan fingerprint density at radius 2 is 2.40 bits per heavy atom. The molecular weight excluding hydrogens is 216 g/mol. The minimum Gasteiger partial charge on any atom is -0.481 e. The molecule has 0 fully saturated rings. The van der Waals surface area contributed by atoms with Crippen molar-refractivity contribution in [3.8, 4) is 0 Å².